The molecule has 2 fully saturated rings. The van der Waals surface area contributed by atoms with Crippen molar-refractivity contribution < 1.29 is 9.47 Å². The van der Waals surface area contributed by atoms with E-state index in [4.69, 9.17) is 14.7 Å². The smallest absolute Gasteiger partial charge is 0.161 e. The third-order valence-electron chi connectivity index (χ3n) is 3.53. The Balaban J connectivity index is 1.86. The number of nitriles is 1. The Bertz CT molecular complexity index is 258. The number of hydrogen-bond acceptors (Lipinski definition) is 4. The van der Waals surface area contributed by atoms with Gasteiger partial charge >= 0.3 is 0 Å². The second kappa shape index (κ2) is 5.62. The molecule has 0 aromatic heterocycles. The highest BCUT2D eigenvalue weighted by atomic mass is 16.7. The van der Waals surface area contributed by atoms with Crippen LogP contribution in [-0.4, -0.2) is 43.5 Å². The van der Waals surface area contributed by atoms with Crippen LogP contribution in [-0.2, 0) is 9.47 Å². The Morgan fingerprint density at radius 3 is 2.88 bits per heavy atom. The van der Waals surface area contributed by atoms with Crippen LogP contribution in [0.3, 0.4) is 0 Å². The number of nitrogens with zero attached hydrogens (tertiary/aromatic N) is 2. The van der Waals surface area contributed by atoms with Crippen molar-refractivity contribution in [2.45, 2.75) is 38.5 Å². The van der Waals surface area contributed by atoms with Crippen LogP contribution in [0.5, 0.6) is 0 Å². The second-order valence-corrected chi connectivity index (χ2v) is 4.72. The monoisotopic (exact) mass is 224 g/mol. The quantitative estimate of drug-likeness (QED) is 0.726. The molecule has 0 N–H and O–H groups in total. The maximum absolute atomic E-state index is 8.72. The van der Waals surface area contributed by atoms with Crippen LogP contribution in [0, 0.1) is 17.2 Å². The van der Waals surface area contributed by atoms with E-state index in [1.807, 2.05) is 0 Å². The Kier molecular flexibility index (Phi) is 4.16. The summed E-state index contributed by atoms with van der Waals surface area (Å²) in [7, 11) is 0. The summed E-state index contributed by atoms with van der Waals surface area (Å²) in [6.07, 6.45) is 2.97. The summed E-state index contributed by atoms with van der Waals surface area (Å²) in [5.41, 5.74) is 0. The van der Waals surface area contributed by atoms with E-state index in [0.717, 1.165) is 26.3 Å². The van der Waals surface area contributed by atoms with Gasteiger partial charge in [0.25, 0.3) is 0 Å². The molecule has 0 amide bonds. The first-order valence-electron chi connectivity index (χ1n) is 6.15. The molecule has 0 aliphatic carbocycles. The highest BCUT2D eigenvalue weighted by molar-refractivity contribution is 4.84. The van der Waals surface area contributed by atoms with E-state index in [0.29, 0.717) is 18.4 Å². The van der Waals surface area contributed by atoms with Gasteiger partial charge in [-0.25, -0.2) is 0 Å². The fourth-order valence-electron chi connectivity index (χ4n) is 2.57. The molecule has 0 saturated carbocycles. The van der Waals surface area contributed by atoms with Crippen molar-refractivity contribution in [2.24, 2.45) is 5.92 Å². The third kappa shape index (κ3) is 2.73. The van der Waals surface area contributed by atoms with Gasteiger partial charge in [-0.1, -0.05) is 0 Å². The summed E-state index contributed by atoms with van der Waals surface area (Å²) >= 11 is 0. The van der Waals surface area contributed by atoms with Gasteiger partial charge in [0.1, 0.15) is 0 Å². The van der Waals surface area contributed by atoms with Gasteiger partial charge in [-0.05, 0) is 26.3 Å². The largest absolute Gasteiger partial charge is 0.350 e. The van der Waals surface area contributed by atoms with Crippen molar-refractivity contribution in [3.63, 3.8) is 0 Å². The molecule has 90 valence electrons. The van der Waals surface area contributed by atoms with Crippen molar-refractivity contribution in [1.29, 1.82) is 5.26 Å². The predicted molar refractivity (Wildman–Crippen MR) is 59.7 cm³/mol. The van der Waals surface area contributed by atoms with Gasteiger partial charge in [-0.15, -0.1) is 0 Å². The van der Waals surface area contributed by atoms with Gasteiger partial charge in [0.2, 0.25) is 0 Å². The number of piperidine rings is 1. The molecular weight excluding hydrogens is 204 g/mol. The highest BCUT2D eigenvalue weighted by Gasteiger charge is 2.32. The molecule has 4 heteroatoms. The van der Waals surface area contributed by atoms with Crippen molar-refractivity contribution in [2.75, 3.05) is 26.3 Å². The normalized spacial score (nSPS) is 30.1. The zero-order chi connectivity index (χ0) is 11.4. The van der Waals surface area contributed by atoms with Crippen LogP contribution in [0.25, 0.3) is 0 Å². The van der Waals surface area contributed by atoms with Gasteiger partial charge in [0, 0.05) is 18.5 Å². The molecule has 2 rings (SSSR count). The van der Waals surface area contributed by atoms with E-state index in [2.05, 4.69) is 17.9 Å². The van der Waals surface area contributed by atoms with Crippen LogP contribution >= 0.6 is 0 Å². The zero-order valence-corrected chi connectivity index (χ0v) is 9.89. The minimum Gasteiger partial charge on any atom is -0.350 e. The van der Waals surface area contributed by atoms with E-state index >= 15 is 0 Å². The molecular formula is C12H20N2O2. The first kappa shape index (κ1) is 11.8. The Labute approximate surface area is 97.1 Å². The predicted octanol–water partition coefficient (Wildman–Crippen LogP) is 1.37. The summed E-state index contributed by atoms with van der Waals surface area (Å²) in [5.74, 6) is 0.484. The molecule has 0 aromatic rings. The van der Waals surface area contributed by atoms with Gasteiger partial charge < -0.3 is 9.47 Å². The van der Waals surface area contributed by atoms with Gasteiger partial charge in [-0.3, -0.25) is 4.90 Å². The number of hydrogen-bond donors (Lipinski definition) is 0. The average molecular weight is 224 g/mol. The van der Waals surface area contributed by atoms with Crippen LogP contribution in [0.15, 0.2) is 0 Å². The van der Waals surface area contributed by atoms with E-state index < -0.39 is 0 Å². The molecule has 2 heterocycles. The molecule has 0 radical (unpaired) electrons. The van der Waals surface area contributed by atoms with Crippen molar-refractivity contribution in [3.8, 4) is 6.07 Å². The lowest BCUT2D eigenvalue weighted by Gasteiger charge is -2.37. The molecule has 2 atom stereocenters. The first-order valence-corrected chi connectivity index (χ1v) is 6.15. The van der Waals surface area contributed by atoms with Crippen LogP contribution in [0.4, 0.5) is 0 Å². The summed E-state index contributed by atoms with van der Waals surface area (Å²) in [4.78, 5) is 2.39. The van der Waals surface area contributed by atoms with Gasteiger partial charge in [0.15, 0.2) is 6.29 Å². The zero-order valence-electron chi connectivity index (χ0n) is 9.89. The molecule has 0 aromatic carbocycles. The molecule has 2 aliphatic rings. The Morgan fingerprint density at radius 2 is 2.19 bits per heavy atom. The van der Waals surface area contributed by atoms with E-state index in [9.17, 15) is 0 Å². The first-order chi connectivity index (χ1) is 7.81. The lowest BCUT2D eigenvalue weighted by atomic mass is 9.96. The number of rotatable bonds is 3. The summed E-state index contributed by atoms with van der Waals surface area (Å²) < 4.78 is 11.1. The lowest BCUT2D eigenvalue weighted by molar-refractivity contribution is -0.103. The third-order valence-corrected chi connectivity index (χ3v) is 3.53. The molecule has 0 spiro atoms. The average Bonchev–Trinajstić information content (AvgIpc) is 2.83. The van der Waals surface area contributed by atoms with Crippen LogP contribution in [0.1, 0.15) is 26.2 Å². The highest BCUT2D eigenvalue weighted by Crippen LogP contribution is 2.26. The van der Waals surface area contributed by atoms with Crippen molar-refractivity contribution >= 4 is 0 Å². The molecule has 0 bridgehead atoms. The molecule has 16 heavy (non-hydrogen) atoms. The molecule has 4 nitrogen and oxygen atoms in total. The van der Waals surface area contributed by atoms with Gasteiger partial charge in [-0.2, -0.15) is 5.26 Å². The fraction of sp³-hybridized carbons (Fsp3) is 0.917. The van der Waals surface area contributed by atoms with E-state index in [-0.39, 0.29) is 6.29 Å². The summed E-state index contributed by atoms with van der Waals surface area (Å²) in [6.45, 7) is 5.70. The van der Waals surface area contributed by atoms with Gasteiger partial charge in [0.05, 0.1) is 25.7 Å². The number of ether oxygens (including phenoxy) is 2. The number of likely N-dealkylation sites (tertiary alicyclic amines) is 1. The topological polar surface area (TPSA) is 45.5 Å². The molecule has 2 unspecified atom stereocenters. The maximum Gasteiger partial charge on any atom is 0.161 e. The van der Waals surface area contributed by atoms with E-state index in [1.165, 1.54) is 12.8 Å². The fourth-order valence-corrected chi connectivity index (χ4v) is 2.57. The minimum atomic E-state index is -0.00270. The second-order valence-electron chi connectivity index (χ2n) is 4.72. The lowest BCUT2D eigenvalue weighted by Crippen LogP contribution is -2.44. The minimum absolute atomic E-state index is 0.00270. The molecule has 2 aliphatic heterocycles. The maximum atomic E-state index is 8.72. The SMILES string of the molecule is CC(CC#N)N1CCCC(C2OCCO2)C1. The summed E-state index contributed by atoms with van der Waals surface area (Å²) in [6, 6.07) is 2.60. The van der Waals surface area contributed by atoms with Crippen LogP contribution in [0.2, 0.25) is 0 Å². The van der Waals surface area contributed by atoms with Crippen LogP contribution < -0.4 is 0 Å². The van der Waals surface area contributed by atoms with E-state index in [1.54, 1.807) is 0 Å². The van der Waals surface area contributed by atoms with Crippen molar-refractivity contribution in [1.82, 2.24) is 4.90 Å². The molecule has 2 saturated heterocycles. The van der Waals surface area contributed by atoms with Crippen molar-refractivity contribution in [3.05, 3.63) is 0 Å². The Hall–Kier alpha value is -0.630. The summed E-state index contributed by atoms with van der Waals surface area (Å²) in [5, 5.41) is 8.72. The standard InChI is InChI=1S/C12H20N2O2/c1-10(4-5-13)14-6-2-3-11(9-14)12-15-7-8-16-12/h10-12H,2-4,6-9H2,1H3. The Morgan fingerprint density at radius 1 is 1.44 bits per heavy atom.